The fraction of sp³-hybridized carbons (Fsp3) is 0.192. The molecular weight excluding hydrogens is 388 g/mol. The molecule has 5 nitrogen and oxygen atoms in total. The van der Waals surface area contributed by atoms with E-state index in [0.717, 1.165) is 11.1 Å². The van der Waals surface area contributed by atoms with E-state index < -0.39 is 6.04 Å². The van der Waals surface area contributed by atoms with Gasteiger partial charge in [0.05, 0.1) is 18.5 Å². The van der Waals surface area contributed by atoms with Gasteiger partial charge < -0.3 is 4.90 Å². The number of imide groups is 1. The molecule has 3 aromatic rings. The highest BCUT2D eigenvalue weighted by molar-refractivity contribution is 6.23. The number of amides is 3. The van der Waals surface area contributed by atoms with Crippen LogP contribution in [-0.4, -0.2) is 35.2 Å². The van der Waals surface area contributed by atoms with Gasteiger partial charge in [0.15, 0.2) is 0 Å². The van der Waals surface area contributed by atoms with Gasteiger partial charge in [0, 0.05) is 6.54 Å². The highest BCUT2D eigenvalue weighted by atomic mass is 16.2. The Morgan fingerprint density at radius 1 is 0.806 bits per heavy atom. The molecule has 1 fully saturated rings. The van der Waals surface area contributed by atoms with Crippen LogP contribution in [-0.2, 0) is 27.2 Å². The van der Waals surface area contributed by atoms with Crippen molar-refractivity contribution in [1.29, 1.82) is 0 Å². The van der Waals surface area contributed by atoms with Crippen LogP contribution >= 0.6 is 0 Å². The molecular formula is C26H24N2O3. The average molecular weight is 412 g/mol. The van der Waals surface area contributed by atoms with E-state index in [9.17, 15) is 14.4 Å². The molecule has 1 atom stereocenters. The van der Waals surface area contributed by atoms with Crippen LogP contribution in [0.4, 0.5) is 5.69 Å². The zero-order valence-electron chi connectivity index (χ0n) is 17.2. The molecule has 0 radical (unpaired) electrons. The maximum Gasteiger partial charge on any atom is 0.257 e. The van der Waals surface area contributed by atoms with Crippen molar-refractivity contribution in [3.63, 3.8) is 0 Å². The Bertz CT molecular complexity index is 1050. The summed E-state index contributed by atoms with van der Waals surface area (Å²) in [6, 6.07) is 27.4. The third kappa shape index (κ3) is 4.72. The van der Waals surface area contributed by atoms with Crippen molar-refractivity contribution in [3.05, 3.63) is 102 Å². The van der Waals surface area contributed by atoms with Crippen molar-refractivity contribution in [1.82, 2.24) is 4.90 Å². The summed E-state index contributed by atoms with van der Waals surface area (Å²) in [5.74, 6) is -0.771. The van der Waals surface area contributed by atoms with Crippen molar-refractivity contribution < 1.29 is 14.4 Å². The predicted octanol–water partition coefficient (Wildman–Crippen LogP) is 3.63. The first-order valence-corrected chi connectivity index (χ1v) is 10.4. The molecule has 3 aromatic carbocycles. The molecule has 0 spiro atoms. The highest BCUT2D eigenvalue weighted by Gasteiger charge is 2.44. The summed E-state index contributed by atoms with van der Waals surface area (Å²) in [4.78, 5) is 42.0. The molecule has 3 amide bonds. The van der Waals surface area contributed by atoms with Gasteiger partial charge in [-0.05, 0) is 29.7 Å². The summed E-state index contributed by atoms with van der Waals surface area (Å²) >= 11 is 0. The molecule has 1 aliphatic heterocycles. The van der Waals surface area contributed by atoms with Gasteiger partial charge in [-0.1, -0.05) is 78.9 Å². The summed E-state index contributed by atoms with van der Waals surface area (Å²) in [6.45, 7) is 0.377. The molecule has 4 rings (SSSR count). The van der Waals surface area contributed by atoms with E-state index in [4.69, 9.17) is 0 Å². The fourth-order valence-corrected chi connectivity index (χ4v) is 3.93. The number of hydrogen-bond donors (Lipinski definition) is 0. The Labute approximate surface area is 181 Å². The van der Waals surface area contributed by atoms with Crippen LogP contribution in [0, 0.1) is 0 Å². The number of nitrogens with zero attached hydrogens (tertiary/aromatic N) is 2. The van der Waals surface area contributed by atoms with E-state index >= 15 is 0 Å². The first-order chi connectivity index (χ1) is 15.1. The van der Waals surface area contributed by atoms with Crippen LogP contribution in [0.2, 0.25) is 0 Å². The molecule has 0 aromatic heterocycles. The topological polar surface area (TPSA) is 57.7 Å². The van der Waals surface area contributed by atoms with E-state index in [1.165, 1.54) is 4.90 Å². The van der Waals surface area contributed by atoms with Crippen molar-refractivity contribution >= 4 is 23.4 Å². The Morgan fingerprint density at radius 2 is 1.35 bits per heavy atom. The Balaban J connectivity index is 1.57. The summed E-state index contributed by atoms with van der Waals surface area (Å²) in [7, 11) is 0. The summed E-state index contributed by atoms with van der Waals surface area (Å²) in [6.07, 6.45) is 0.812. The lowest BCUT2D eigenvalue weighted by Crippen LogP contribution is -2.47. The lowest BCUT2D eigenvalue weighted by atomic mass is 10.1. The first-order valence-electron chi connectivity index (χ1n) is 10.4. The number of carbonyl (C=O) groups excluding carboxylic acids is 3. The second-order valence-electron chi connectivity index (χ2n) is 7.61. The second-order valence-corrected chi connectivity index (χ2v) is 7.61. The van der Waals surface area contributed by atoms with Gasteiger partial charge in [-0.2, -0.15) is 0 Å². The quantitative estimate of drug-likeness (QED) is 0.557. The van der Waals surface area contributed by atoms with Gasteiger partial charge in [0.2, 0.25) is 11.8 Å². The molecule has 31 heavy (non-hydrogen) atoms. The standard InChI is InChI=1S/C26H24N2O3/c29-24(18-21-12-6-2-7-13-21)27(17-16-20-10-4-1-5-11-20)23-19-25(30)28(26(23)31)22-14-8-3-9-15-22/h1-15,23H,16-19H2. The van der Waals surface area contributed by atoms with Crippen molar-refractivity contribution in [2.45, 2.75) is 25.3 Å². The third-order valence-electron chi connectivity index (χ3n) is 5.52. The number of carbonyl (C=O) groups is 3. The second kappa shape index (κ2) is 9.39. The third-order valence-corrected chi connectivity index (χ3v) is 5.52. The zero-order chi connectivity index (χ0) is 21.6. The molecule has 0 saturated carbocycles. The number of para-hydroxylation sites is 1. The molecule has 156 valence electrons. The average Bonchev–Trinajstić information content (AvgIpc) is 3.09. The van der Waals surface area contributed by atoms with Crippen LogP contribution in [0.25, 0.3) is 0 Å². The van der Waals surface area contributed by atoms with Crippen LogP contribution in [0.1, 0.15) is 17.5 Å². The largest absolute Gasteiger partial charge is 0.329 e. The Hall–Kier alpha value is -3.73. The highest BCUT2D eigenvalue weighted by Crippen LogP contribution is 2.26. The number of hydrogen-bond acceptors (Lipinski definition) is 3. The van der Waals surface area contributed by atoms with Gasteiger partial charge >= 0.3 is 0 Å². The SMILES string of the molecule is O=C1CC(N(CCc2ccccc2)C(=O)Cc2ccccc2)C(=O)N1c1ccccc1. The smallest absolute Gasteiger partial charge is 0.257 e. The van der Waals surface area contributed by atoms with E-state index in [0.29, 0.717) is 18.7 Å². The van der Waals surface area contributed by atoms with Gasteiger partial charge in [-0.25, -0.2) is 4.90 Å². The number of anilines is 1. The Morgan fingerprint density at radius 3 is 1.97 bits per heavy atom. The molecule has 1 aliphatic rings. The summed E-state index contributed by atoms with van der Waals surface area (Å²) < 4.78 is 0. The molecule has 1 saturated heterocycles. The van der Waals surface area contributed by atoms with Gasteiger partial charge in [-0.15, -0.1) is 0 Å². The molecule has 0 N–H and O–H groups in total. The molecule has 0 aliphatic carbocycles. The van der Waals surface area contributed by atoms with Gasteiger partial charge in [0.1, 0.15) is 6.04 Å². The maximum absolute atomic E-state index is 13.3. The predicted molar refractivity (Wildman–Crippen MR) is 119 cm³/mol. The van der Waals surface area contributed by atoms with E-state index in [-0.39, 0.29) is 30.6 Å². The lowest BCUT2D eigenvalue weighted by molar-refractivity contribution is -0.137. The monoisotopic (exact) mass is 412 g/mol. The van der Waals surface area contributed by atoms with Gasteiger partial charge in [-0.3, -0.25) is 14.4 Å². The summed E-state index contributed by atoms with van der Waals surface area (Å²) in [5.41, 5.74) is 2.50. The van der Waals surface area contributed by atoms with Crippen LogP contribution < -0.4 is 4.90 Å². The maximum atomic E-state index is 13.3. The molecule has 5 heteroatoms. The van der Waals surface area contributed by atoms with Crippen molar-refractivity contribution in [2.75, 3.05) is 11.4 Å². The van der Waals surface area contributed by atoms with Gasteiger partial charge in [0.25, 0.3) is 5.91 Å². The number of rotatable bonds is 7. The minimum absolute atomic E-state index is 0.00302. The van der Waals surface area contributed by atoms with Crippen molar-refractivity contribution in [2.24, 2.45) is 0 Å². The molecule has 1 heterocycles. The Kier molecular flexibility index (Phi) is 6.22. The fourth-order valence-electron chi connectivity index (χ4n) is 3.93. The minimum Gasteiger partial charge on any atom is -0.329 e. The normalized spacial score (nSPS) is 15.9. The minimum atomic E-state index is -0.785. The lowest BCUT2D eigenvalue weighted by Gasteiger charge is -2.28. The van der Waals surface area contributed by atoms with E-state index in [1.54, 1.807) is 29.2 Å². The van der Waals surface area contributed by atoms with Crippen LogP contribution in [0.5, 0.6) is 0 Å². The van der Waals surface area contributed by atoms with E-state index in [1.807, 2.05) is 66.7 Å². The van der Waals surface area contributed by atoms with Crippen LogP contribution in [0.3, 0.4) is 0 Å². The molecule has 0 bridgehead atoms. The van der Waals surface area contributed by atoms with Crippen LogP contribution in [0.15, 0.2) is 91.0 Å². The number of benzene rings is 3. The first kappa shape index (κ1) is 20.5. The zero-order valence-corrected chi connectivity index (χ0v) is 17.2. The van der Waals surface area contributed by atoms with E-state index in [2.05, 4.69) is 0 Å². The molecule has 1 unspecified atom stereocenters. The van der Waals surface area contributed by atoms with Crippen molar-refractivity contribution in [3.8, 4) is 0 Å². The summed E-state index contributed by atoms with van der Waals surface area (Å²) in [5, 5.41) is 0.